The second kappa shape index (κ2) is 10.9. The van der Waals surface area contributed by atoms with E-state index in [0.29, 0.717) is 0 Å². The van der Waals surface area contributed by atoms with E-state index in [1.165, 1.54) is 29.0 Å². The molecule has 0 saturated carbocycles. The fourth-order valence-corrected chi connectivity index (χ4v) is 5.52. The number of carbonyl (C=O) groups is 3. The van der Waals surface area contributed by atoms with Gasteiger partial charge in [-0.3, -0.25) is 9.59 Å². The highest BCUT2D eigenvalue weighted by Gasteiger charge is 2.51. The number of likely N-dealkylation sites (N-methyl/N-ethyl adjacent to an activating group) is 1. The molecule has 1 aromatic carbocycles. The number of allylic oxidation sites excluding steroid dienone is 2. The molecule has 0 aromatic heterocycles. The minimum atomic E-state index is -3.85. The summed E-state index contributed by atoms with van der Waals surface area (Å²) < 4.78 is 38.5. The molecule has 2 aliphatic rings. The molecule has 1 aliphatic carbocycles. The number of hydrogen-bond acceptors (Lipinski definition) is 7. The number of amides is 2. The van der Waals surface area contributed by atoms with Gasteiger partial charge >= 0.3 is 12.1 Å². The number of carbonyl (C=O) groups excluding carboxylic acids is 3. The van der Waals surface area contributed by atoms with Crippen molar-refractivity contribution in [3.63, 3.8) is 0 Å². The van der Waals surface area contributed by atoms with Crippen molar-refractivity contribution in [3.05, 3.63) is 54.1 Å². The van der Waals surface area contributed by atoms with Crippen LogP contribution in [-0.2, 0) is 29.1 Å². The molecule has 1 aliphatic heterocycles. The third-order valence-electron chi connectivity index (χ3n) is 6.59. The van der Waals surface area contributed by atoms with E-state index in [4.69, 9.17) is 9.47 Å². The second-order valence-corrected chi connectivity index (χ2v) is 12.9. The van der Waals surface area contributed by atoms with Crippen LogP contribution in [-0.4, -0.2) is 92.5 Å². The number of likely N-dealkylation sites (tertiary alicyclic amines) is 1. The Hall–Kier alpha value is -3.18. The van der Waals surface area contributed by atoms with Crippen molar-refractivity contribution >= 4 is 28.0 Å². The maximum atomic E-state index is 13.5. The first-order chi connectivity index (χ1) is 17.6. The zero-order valence-corrected chi connectivity index (χ0v) is 23.8. The number of hydrogen-bond donors (Lipinski definition) is 0. The summed E-state index contributed by atoms with van der Waals surface area (Å²) in [6, 6.07) is 5.60. The quantitative estimate of drug-likeness (QED) is 0.363. The molecule has 10 nitrogen and oxygen atoms in total. The Bertz CT molecular complexity index is 1230. The topological polar surface area (TPSA) is 114 Å². The van der Waals surface area contributed by atoms with Crippen molar-refractivity contribution < 1.29 is 32.3 Å². The lowest BCUT2D eigenvalue weighted by Crippen LogP contribution is -2.64. The molecular formula is C27H37N3O7S. The van der Waals surface area contributed by atoms with Gasteiger partial charge in [-0.15, -0.1) is 0 Å². The third-order valence-corrected chi connectivity index (χ3v) is 8.47. The first-order valence-electron chi connectivity index (χ1n) is 12.4. The van der Waals surface area contributed by atoms with Crippen LogP contribution in [0.1, 0.15) is 32.8 Å². The maximum Gasteiger partial charge on any atom is 0.409 e. The fourth-order valence-electron chi connectivity index (χ4n) is 4.21. The zero-order valence-electron chi connectivity index (χ0n) is 23.0. The van der Waals surface area contributed by atoms with Crippen LogP contribution in [0.15, 0.2) is 53.5 Å². The summed E-state index contributed by atoms with van der Waals surface area (Å²) in [4.78, 5) is 41.8. The molecule has 208 valence electrons. The number of nitrogens with zero attached hydrogens (tertiary/aromatic N) is 3. The van der Waals surface area contributed by atoms with Gasteiger partial charge in [-0.25, -0.2) is 13.2 Å². The Morgan fingerprint density at radius 2 is 1.74 bits per heavy atom. The molecular weight excluding hydrogens is 510 g/mol. The molecule has 1 saturated heterocycles. The number of aryl methyl sites for hydroxylation is 1. The number of sulfonamides is 1. The van der Waals surface area contributed by atoms with Gasteiger partial charge in [0.2, 0.25) is 15.9 Å². The monoisotopic (exact) mass is 547 g/mol. The number of benzene rings is 1. The lowest BCUT2D eigenvalue weighted by Gasteiger charge is -2.44. The molecule has 3 rings (SSSR count). The molecule has 3 unspecified atom stereocenters. The minimum Gasteiger partial charge on any atom is -0.459 e. The van der Waals surface area contributed by atoms with E-state index in [1.54, 1.807) is 71.3 Å². The van der Waals surface area contributed by atoms with E-state index in [1.807, 2.05) is 6.92 Å². The molecule has 38 heavy (non-hydrogen) atoms. The van der Waals surface area contributed by atoms with Crippen LogP contribution >= 0.6 is 0 Å². The first-order valence-corrected chi connectivity index (χ1v) is 13.8. The van der Waals surface area contributed by atoms with Gasteiger partial charge in [-0.05, 0) is 52.3 Å². The number of rotatable bonds is 8. The molecule has 1 fully saturated rings. The van der Waals surface area contributed by atoms with Gasteiger partial charge in [0, 0.05) is 34.2 Å². The average Bonchev–Trinajstić information content (AvgIpc) is 2.82. The normalized spacial score (nSPS) is 23.3. The van der Waals surface area contributed by atoms with Gasteiger partial charge in [0.15, 0.2) is 0 Å². The highest BCUT2D eigenvalue weighted by Crippen LogP contribution is 2.38. The summed E-state index contributed by atoms with van der Waals surface area (Å²) >= 11 is 0. The van der Waals surface area contributed by atoms with E-state index < -0.39 is 45.2 Å². The van der Waals surface area contributed by atoms with E-state index in [0.717, 1.165) is 9.87 Å². The van der Waals surface area contributed by atoms with Crippen molar-refractivity contribution in [2.75, 3.05) is 34.2 Å². The van der Waals surface area contributed by atoms with Crippen molar-refractivity contribution in [3.8, 4) is 0 Å². The molecule has 3 atom stereocenters. The van der Waals surface area contributed by atoms with Gasteiger partial charge in [-0.1, -0.05) is 35.9 Å². The van der Waals surface area contributed by atoms with Crippen molar-refractivity contribution in [2.45, 2.75) is 56.8 Å². The number of ether oxygens (including phenoxy) is 2. The lowest BCUT2D eigenvalue weighted by molar-refractivity contribution is -0.171. The van der Waals surface area contributed by atoms with Gasteiger partial charge < -0.3 is 19.3 Å². The Labute approximate surface area is 224 Å². The molecule has 1 heterocycles. The van der Waals surface area contributed by atoms with E-state index in [9.17, 15) is 22.8 Å². The summed E-state index contributed by atoms with van der Waals surface area (Å²) in [5.41, 5.74) is -1.23. The standard InChI is InChI=1S/C27H37N3O7S/c1-19-11-13-20(14-12-19)38(34,35)29(7)21-18-30(23(21)31)17-16-27(24(32)37-26(2,3)4)15-9-8-10-22(27)36-25(33)28(5)6/h8-15,21-22H,16-18H2,1-7H3. The molecule has 1 aromatic rings. The van der Waals surface area contributed by atoms with Crippen molar-refractivity contribution in [1.29, 1.82) is 0 Å². The summed E-state index contributed by atoms with van der Waals surface area (Å²) in [5, 5.41) is 0. The SMILES string of the molecule is Cc1ccc(S(=O)(=O)N(C)C2CN(CCC3(C(=O)OC(C)(C)C)C=CC=CC3OC(=O)N(C)C)C2=O)cc1. The van der Waals surface area contributed by atoms with Crippen LogP contribution in [0, 0.1) is 12.3 Å². The second-order valence-electron chi connectivity index (χ2n) is 10.9. The molecule has 0 N–H and O–H groups in total. The highest BCUT2D eigenvalue weighted by atomic mass is 32.2. The van der Waals surface area contributed by atoms with E-state index in [-0.39, 0.29) is 30.3 Å². The van der Waals surface area contributed by atoms with Crippen LogP contribution in [0.3, 0.4) is 0 Å². The fraction of sp³-hybridized carbons (Fsp3) is 0.519. The zero-order chi connectivity index (χ0) is 28.5. The van der Waals surface area contributed by atoms with Crippen molar-refractivity contribution in [1.82, 2.24) is 14.1 Å². The van der Waals surface area contributed by atoms with Gasteiger partial charge in [0.1, 0.15) is 23.2 Å². The highest BCUT2D eigenvalue weighted by molar-refractivity contribution is 7.89. The minimum absolute atomic E-state index is 0.112. The number of esters is 1. The first kappa shape index (κ1) is 29.4. The van der Waals surface area contributed by atoms with Gasteiger partial charge in [0.25, 0.3) is 0 Å². The van der Waals surface area contributed by atoms with Gasteiger partial charge in [0.05, 0.1) is 4.90 Å². The Balaban J connectivity index is 1.77. The van der Waals surface area contributed by atoms with Crippen LogP contribution < -0.4 is 0 Å². The predicted molar refractivity (Wildman–Crippen MR) is 142 cm³/mol. The summed E-state index contributed by atoms with van der Waals surface area (Å²) in [6.07, 6.45) is 5.18. The summed E-state index contributed by atoms with van der Waals surface area (Å²) in [7, 11) is 0.620. The largest absolute Gasteiger partial charge is 0.459 e. The van der Waals surface area contributed by atoms with Crippen LogP contribution in [0.25, 0.3) is 0 Å². The molecule has 2 amide bonds. The average molecular weight is 548 g/mol. The van der Waals surface area contributed by atoms with E-state index in [2.05, 4.69) is 0 Å². The maximum absolute atomic E-state index is 13.5. The smallest absolute Gasteiger partial charge is 0.409 e. The van der Waals surface area contributed by atoms with Gasteiger partial charge in [-0.2, -0.15) is 4.31 Å². The number of β-lactam (4-membered cyclic amide) rings is 1. The molecule has 11 heteroatoms. The van der Waals surface area contributed by atoms with E-state index >= 15 is 0 Å². The Morgan fingerprint density at radius 1 is 1.11 bits per heavy atom. The molecule has 0 bridgehead atoms. The van der Waals surface area contributed by atoms with Crippen LogP contribution in [0.2, 0.25) is 0 Å². The third kappa shape index (κ3) is 6.10. The predicted octanol–water partition coefficient (Wildman–Crippen LogP) is 2.74. The Morgan fingerprint density at radius 3 is 2.29 bits per heavy atom. The van der Waals surface area contributed by atoms with Crippen molar-refractivity contribution in [2.24, 2.45) is 5.41 Å². The molecule has 0 radical (unpaired) electrons. The summed E-state index contributed by atoms with van der Waals surface area (Å²) in [6.45, 7) is 7.41. The Kier molecular flexibility index (Phi) is 8.42. The van der Waals surface area contributed by atoms with Crippen LogP contribution in [0.5, 0.6) is 0 Å². The lowest BCUT2D eigenvalue weighted by atomic mass is 9.75. The molecule has 0 spiro atoms. The van der Waals surface area contributed by atoms with Crippen LogP contribution in [0.4, 0.5) is 4.79 Å². The summed E-state index contributed by atoms with van der Waals surface area (Å²) in [5.74, 6) is -0.939.